The van der Waals surface area contributed by atoms with E-state index in [1.807, 2.05) is 4.90 Å². The summed E-state index contributed by atoms with van der Waals surface area (Å²) in [6.07, 6.45) is 3.09. The topological polar surface area (TPSA) is 78.7 Å². The summed E-state index contributed by atoms with van der Waals surface area (Å²) in [6, 6.07) is 11.6. The van der Waals surface area contributed by atoms with Gasteiger partial charge in [-0.25, -0.2) is 9.37 Å². The lowest BCUT2D eigenvalue weighted by atomic mass is 10.0. The number of carbonyl (C=O) groups excluding carboxylic acids is 1. The molecule has 1 amide bonds. The van der Waals surface area contributed by atoms with Crippen molar-refractivity contribution in [1.82, 2.24) is 9.88 Å². The van der Waals surface area contributed by atoms with Crippen molar-refractivity contribution in [3.05, 3.63) is 54.0 Å². The summed E-state index contributed by atoms with van der Waals surface area (Å²) in [5.41, 5.74) is 0.592. The van der Waals surface area contributed by atoms with E-state index < -0.39 is 0 Å². The Morgan fingerprint density at radius 3 is 2.73 bits per heavy atom. The van der Waals surface area contributed by atoms with Crippen molar-refractivity contribution in [2.75, 3.05) is 37.7 Å². The summed E-state index contributed by atoms with van der Waals surface area (Å²) in [6.45, 7) is 2.37. The van der Waals surface area contributed by atoms with E-state index in [0.29, 0.717) is 24.5 Å². The van der Waals surface area contributed by atoms with Gasteiger partial charge in [0, 0.05) is 25.3 Å². The average molecular weight is 410 g/mol. The first-order chi connectivity index (χ1) is 14.6. The third-order valence-electron chi connectivity index (χ3n) is 5.52. The number of halogens is 1. The molecule has 30 heavy (non-hydrogen) atoms. The molecule has 1 unspecified atom stereocenters. The molecule has 7 nitrogen and oxygen atoms in total. The Hall–Kier alpha value is -3.18. The second-order valence-corrected chi connectivity index (χ2v) is 7.48. The van der Waals surface area contributed by atoms with Crippen LogP contribution in [0.3, 0.4) is 0 Å². The fourth-order valence-electron chi connectivity index (χ4n) is 3.89. The zero-order valence-electron chi connectivity index (χ0n) is 16.5. The molecule has 0 N–H and O–H groups in total. The Labute approximate surface area is 174 Å². The molecule has 0 aliphatic carbocycles. The number of aromatic nitrogens is 1. The zero-order valence-corrected chi connectivity index (χ0v) is 16.5. The van der Waals surface area contributed by atoms with Gasteiger partial charge in [0.1, 0.15) is 36.7 Å². The van der Waals surface area contributed by atoms with Crippen LogP contribution in [-0.4, -0.2) is 60.8 Å². The molecular formula is C22H23FN4O3. The summed E-state index contributed by atoms with van der Waals surface area (Å²) >= 11 is 0. The third kappa shape index (κ3) is 4.69. The molecule has 2 aliphatic rings. The van der Waals surface area contributed by atoms with Crippen molar-refractivity contribution in [3.8, 4) is 11.8 Å². The van der Waals surface area contributed by atoms with E-state index in [2.05, 4.69) is 16.0 Å². The molecule has 2 aromatic rings. The number of nitrogens with zero attached hydrogens (tertiary/aromatic N) is 4. The molecule has 0 saturated carbocycles. The number of amides is 1. The monoisotopic (exact) mass is 410 g/mol. The van der Waals surface area contributed by atoms with Gasteiger partial charge in [-0.1, -0.05) is 0 Å². The standard InChI is InChI=1S/C22H23FN4O3/c23-17-1-3-19(4-2-17)29-14-20-13-27(22(28)15-30-20)18-6-9-26(10-7-18)21-11-16(12-24)5-8-25-21/h1-5,8,11,18,20H,6-7,9-10,13-15H2. The highest BCUT2D eigenvalue weighted by Gasteiger charge is 2.34. The van der Waals surface area contributed by atoms with Crippen molar-refractivity contribution >= 4 is 11.7 Å². The molecular weight excluding hydrogens is 387 g/mol. The van der Waals surface area contributed by atoms with Crippen molar-refractivity contribution in [2.24, 2.45) is 0 Å². The summed E-state index contributed by atoms with van der Waals surface area (Å²) < 4.78 is 24.3. The van der Waals surface area contributed by atoms with Gasteiger partial charge in [0.15, 0.2) is 0 Å². The molecule has 2 fully saturated rings. The van der Waals surface area contributed by atoms with Crippen LogP contribution in [-0.2, 0) is 9.53 Å². The van der Waals surface area contributed by atoms with Crippen molar-refractivity contribution in [2.45, 2.75) is 25.0 Å². The van der Waals surface area contributed by atoms with Gasteiger partial charge in [-0.3, -0.25) is 4.79 Å². The number of carbonyl (C=O) groups is 1. The molecule has 2 saturated heterocycles. The van der Waals surface area contributed by atoms with Gasteiger partial charge in [-0.05, 0) is 49.2 Å². The molecule has 0 spiro atoms. The largest absolute Gasteiger partial charge is 0.491 e. The number of ether oxygens (including phenoxy) is 2. The van der Waals surface area contributed by atoms with Gasteiger partial charge in [-0.2, -0.15) is 5.26 Å². The van der Waals surface area contributed by atoms with Gasteiger partial charge < -0.3 is 19.3 Å². The maximum Gasteiger partial charge on any atom is 0.248 e. The Bertz CT molecular complexity index is 923. The first-order valence-corrected chi connectivity index (χ1v) is 10.0. The number of anilines is 1. The lowest BCUT2D eigenvalue weighted by Gasteiger charge is -2.42. The second kappa shape index (κ2) is 9.09. The lowest BCUT2D eigenvalue weighted by molar-refractivity contribution is -0.154. The molecule has 3 heterocycles. The smallest absolute Gasteiger partial charge is 0.248 e. The fourth-order valence-corrected chi connectivity index (χ4v) is 3.89. The fraction of sp³-hybridized carbons (Fsp3) is 0.409. The molecule has 4 rings (SSSR count). The van der Waals surface area contributed by atoms with Gasteiger partial charge in [0.05, 0.1) is 18.2 Å². The third-order valence-corrected chi connectivity index (χ3v) is 5.52. The number of hydrogen-bond acceptors (Lipinski definition) is 6. The number of rotatable bonds is 5. The normalized spacial score (nSPS) is 20.1. The van der Waals surface area contributed by atoms with E-state index in [9.17, 15) is 9.18 Å². The van der Waals surface area contributed by atoms with Crippen LogP contribution in [0.4, 0.5) is 10.2 Å². The van der Waals surface area contributed by atoms with Crippen LogP contribution in [0, 0.1) is 17.1 Å². The van der Waals surface area contributed by atoms with E-state index >= 15 is 0 Å². The molecule has 1 aromatic heterocycles. The van der Waals surface area contributed by atoms with E-state index in [4.69, 9.17) is 14.7 Å². The number of pyridine rings is 1. The van der Waals surface area contributed by atoms with Crippen LogP contribution in [0.2, 0.25) is 0 Å². The number of piperidine rings is 1. The maximum atomic E-state index is 13.0. The zero-order chi connectivity index (χ0) is 20.9. The van der Waals surface area contributed by atoms with E-state index in [-0.39, 0.29) is 30.5 Å². The number of benzene rings is 1. The van der Waals surface area contributed by atoms with Gasteiger partial charge >= 0.3 is 0 Å². The van der Waals surface area contributed by atoms with E-state index in [0.717, 1.165) is 31.7 Å². The summed E-state index contributed by atoms with van der Waals surface area (Å²) in [7, 11) is 0. The molecule has 1 atom stereocenters. The predicted octanol–water partition coefficient (Wildman–Crippen LogP) is 2.37. The van der Waals surface area contributed by atoms with Crippen LogP contribution in [0.15, 0.2) is 42.6 Å². The minimum absolute atomic E-state index is 0.00362. The highest BCUT2D eigenvalue weighted by molar-refractivity contribution is 5.78. The van der Waals surface area contributed by atoms with Crippen LogP contribution < -0.4 is 9.64 Å². The Morgan fingerprint density at radius 1 is 1.23 bits per heavy atom. The average Bonchev–Trinajstić information content (AvgIpc) is 2.80. The maximum absolute atomic E-state index is 13.0. The van der Waals surface area contributed by atoms with Crippen molar-refractivity contribution in [3.63, 3.8) is 0 Å². The number of morpholine rings is 1. The minimum Gasteiger partial charge on any atom is -0.491 e. The Balaban J connectivity index is 1.31. The van der Waals surface area contributed by atoms with Crippen LogP contribution >= 0.6 is 0 Å². The highest BCUT2D eigenvalue weighted by Crippen LogP contribution is 2.24. The molecule has 8 heteroatoms. The van der Waals surface area contributed by atoms with Crippen LogP contribution in [0.1, 0.15) is 18.4 Å². The molecule has 0 radical (unpaired) electrons. The molecule has 0 bridgehead atoms. The van der Waals surface area contributed by atoms with Crippen molar-refractivity contribution < 1.29 is 18.7 Å². The predicted molar refractivity (Wildman–Crippen MR) is 108 cm³/mol. The summed E-state index contributed by atoms with van der Waals surface area (Å²) in [4.78, 5) is 20.9. The first kappa shape index (κ1) is 20.1. The minimum atomic E-state index is -0.311. The Morgan fingerprint density at radius 2 is 2.00 bits per heavy atom. The highest BCUT2D eigenvalue weighted by atomic mass is 19.1. The van der Waals surface area contributed by atoms with E-state index in [1.54, 1.807) is 30.5 Å². The van der Waals surface area contributed by atoms with Crippen LogP contribution in [0.25, 0.3) is 0 Å². The second-order valence-electron chi connectivity index (χ2n) is 7.48. The summed E-state index contributed by atoms with van der Waals surface area (Å²) in [5.74, 6) is 1.06. The number of hydrogen-bond donors (Lipinski definition) is 0. The van der Waals surface area contributed by atoms with Crippen molar-refractivity contribution in [1.29, 1.82) is 5.26 Å². The Kier molecular flexibility index (Phi) is 6.10. The summed E-state index contributed by atoms with van der Waals surface area (Å²) in [5, 5.41) is 9.08. The molecule has 2 aliphatic heterocycles. The van der Waals surface area contributed by atoms with Gasteiger partial charge in [0.2, 0.25) is 5.91 Å². The van der Waals surface area contributed by atoms with Crippen LogP contribution in [0.5, 0.6) is 5.75 Å². The van der Waals surface area contributed by atoms with E-state index in [1.165, 1.54) is 12.1 Å². The molecule has 156 valence electrons. The van der Waals surface area contributed by atoms with Gasteiger partial charge in [-0.15, -0.1) is 0 Å². The lowest BCUT2D eigenvalue weighted by Crippen LogP contribution is -2.55. The first-order valence-electron chi connectivity index (χ1n) is 10.0. The quantitative estimate of drug-likeness (QED) is 0.753. The SMILES string of the molecule is N#Cc1ccnc(N2CCC(N3CC(COc4ccc(F)cc4)OCC3=O)CC2)c1. The number of nitriles is 1. The van der Waals surface area contributed by atoms with Gasteiger partial charge in [0.25, 0.3) is 0 Å². The molecule has 1 aromatic carbocycles.